The Hall–Kier alpha value is -1.91. The fourth-order valence-electron chi connectivity index (χ4n) is 2.62. The number of fused-ring (bicyclic) bond motifs is 1. The van der Waals surface area contributed by atoms with E-state index in [-0.39, 0.29) is 11.9 Å². The number of hydrogen-bond acceptors (Lipinski definition) is 3. The SMILES string of the molecule is Cc1cc(C(NN)c2ccc3c(c2)CCO3)ccc1F. The van der Waals surface area contributed by atoms with Crippen LogP contribution in [0.2, 0.25) is 0 Å². The predicted molar refractivity (Wildman–Crippen MR) is 75.9 cm³/mol. The lowest BCUT2D eigenvalue weighted by molar-refractivity contribution is 0.357. The van der Waals surface area contributed by atoms with Gasteiger partial charge in [0.1, 0.15) is 11.6 Å². The third-order valence-electron chi connectivity index (χ3n) is 3.73. The minimum atomic E-state index is -0.202. The molecule has 1 aliphatic rings. The highest BCUT2D eigenvalue weighted by Crippen LogP contribution is 2.30. The van der Waals surface area contributed by atoms with Crippen LogP contribution >= 0.6 is 0 Å². The van der Waals surface area contributed by atoms with Crippen LogP contribution < -0.4 is 16.0 Å². The van der Waals surface area contributed by atoms with E-state index >= 15 is 0 Å². The summed E-state index contributed by atoms with van der Waals surface area (Å²) in [5.41, 5.74) is 6.63. The molecule has 0 amide bonds. The summed E-state index contributed by atoms with van der Waals surface area (Å²) in [6.45, 7) is 2.48. The summed E-state index contributed by atoms with van der Waals surface area (Å²) < 4.78 is 18.9. The monoisotopic (exact) mass is 272 g/mol. The molecule has 2 aromatic rings. The molecule has 1 aliphatic heterocycles. The van der Waals surface area contributed by atoms with Crippen LogP contribution in [-0.4, -0.2) is 6.61 Å². The molecule has 0 spiro atoms. The predicted octanol–water partition coefficient (Wildman–Crippen LogP) is 2.62. The van der Waals surface area contributed by atoms with Crippen molar-refractivity contribution >= 4 is 0 Å². The molecule has 1 unspecified atom stereocenters. The zero-order valence-electron chi connectivity index (χ0n) is 11.3. The van der Waals surface area contributed by atoms with Crippen LogP contribution in [0.4, 0.5) is 4.39 Å². The number of ether oxygens (including phenoxy) is 1. The molecule has 0 aromatic heterocycles. The van der Waals surface area contributed by atoms with E-state index in [1.807, 2.05) is 18.2 Å². The molecule has 104 valence electrons. The Labute approximate surface area is 117 Å². The van der Waals surface area contributed by atoms with Gasteiger partial charge in [-0.05, 0) is 41.3 Å². The molecule has 3 N–H and O–H groups in total. The quantitative estimate of drug-likeness (QED) is 0.667. The van der Waals surface area contributed by atoms with Gasteiger partial charge in [0.05, 0.1) is 12.6 Å². The van der Waals surface area contributed by atoms with E-state index in [2.05, 4.69) is 11.5 Å². The van der Waals surface area contributed by atoms with Gasteiger partial charge in [0, 0.05) is 6.42 Å². The van der Waals surface area contributed by atoms with Gasteiger partial charge in [-0.25, -0.2) is 9.82 Å². The third kappa shape index (κ3) is 2.28. The maximum absolute atomic E-state index is 13.4. The number of halogens is 1. The van der Waals surface area contributed by atoms with Crippen molar-refractivity contribution in [1.29, 1.82) is 0 Å². The Morgan fingerprint density at radius 3 is 2.70 bits per heavy atom. The summed E-state index contributed by atoms with van der Waals surface area (Å²) >= 11 is 0. The van der Waals surface area contributed by atoms with Crippen LogP contribution in [0, 0.1) is 12.7 Å². The fourth-order valence-corrected chi connectivity index (χ4v) is 2.62. The first-order chi connectivity index (χ1) is 9.69. The molecule has 0 bridgehead atoms. The summed E-state index contributed by atoms with van der Waals surface area (Å²) in [5, 5.41) is 0. The largest absolute Gasteiger partial charge is 0.493 e. The van der Waals surface area contributed by atoms with Gasteiger partial charge in [-0.1, -0.05) is 24.3 Å². The van der Waals surface area contributed by atoms with Crippen molar-refractivity contribution in [2.75, 3.05) is 6.61 Å². The molecule has 3 rings (SSSR count). The van der Waals surface area contributed by atoms with Crippen molar-refractivity contribution in [3.05, 3.63) is 64.5 Å². The molecule has 1 heterocycles. The number of benzene rings is 2. The van der Waals surface area contributed by atoms with Gasteiger partial charge < -0.3 is 4.74 Å². The van der Waals surface area contributed by atoms with Crippen LogP contribution in [0.1, 0.15) is 28.3 Å². The first-order valence-electron chi connectivity index (χ1n) is 6.67. The summed E-state index contributed by atoms with van der Waals surface area (Å²) in [6, 6.07) is 11.0. The number of nitrogens with one attached hydrogen (secondary N) is 1. The second-order valence-corrected chi connectivity index (χ2v) is 5.07. The lowest BCUT2D eigenvalue weighted by Crippen LogP contribution is -2.29. The second kappa shape index (κ2) is 5.23. The Morgan fingerprint density at radius 2 is 1.95 bits per heavy atom. The van der Waals surface area contributed by atoms with Crippen molar-refractivity contribution in [2.24, 2.45) is 5.84 Å². The van der Waals surface area contributed by atoms with Crippen LogP contribution in [0.3, 0.4) is 0 Å². The van der Waals surface area contributed by atoms with Crippen LogP contribution in [0.25, 0.3) is 0 Å². The summed E-state index contributed by atoms with van der Waals surface area (Å²) in [4.78, 5) is 0. The molecule has 1 atom stereocenters. The first-order valence-corrected chi connectivity index (χ1v) is 6.67. The molecule has 0 aliphatic carbocycles. The third-order valence-corrected chi connectivity index (χ3v) is 3.73. The highest BCUT2D eigenvalue weighted by Gasteiger charge is 2.18. The van der Waals surface area contributed by atoms with Gasteiger partial charge in [-0.15, -0.1) is 0 Å². The van der Waals surface area contributed by atoms with E-state index in [4.69, 9.17) is 10.6 Å². The summed E-state index contributed by atoms with van der Waals surface area (Å²) in [6.07, 6.45) is 0.920. The Kier molecular flexibility index (Phi) is 3.42. The molecular weight excluding hydrogens is 255 g/mol. The number of hydrazine groups is 1. The normalized spacial score (nSPS) is 14.8. The van der Waals surface area contributed by atoms with Gasteiger partial charge in [0.15, 0.2) is 0 Å². The number of rotatable bonds is 3. The van der Waals surface area contributed by atoms with Crippen molar-refractivity contribution in [3.8, 4) is 5.75 Å². The second-order valence-electron chi connectivity index (χ2n) is 5.07. The average molecular weight is 272 g/mol. The minimum Gasteiger partial charge on any atom is -0.493 e. The Morgan fingerprint density at radius 1 is 1.20 bits per heavy atom. The van der Waals surface area contributed by atoms with Crippen LogP contribution in [0.15, 0.2) is 36.4 Å². The zero-order chi connectivity index (χ0) is 14.1. The van der Waals surface area contributed by atoms with E-state index in [0.29, 0.717) is 5.56 Å². The smallest absolute Gasteiger partial charge is 0.126 e. The van der Waals surface area contributed by atoms with E-state index < -0.39 is 0 Å². The Balaban J connectivity index is 1.98. The number of aryl methyl sites for hydroxylation is 1. The van der Waals surface area contributed by atoms with Gasteiger partial charge in [-0.2, -0.15) is 0 Å². The molecule has 0 radical (unpaired) electrons. The standard InChI is InChI=1S/C16H17FN2O/c1-10-8-12(2-4-14(10)17)16(19-18)13-3-5-15-11(9-13)6-7-20-15/h2-5,8-9,16,19H,6-7,18H2,1H3. The minimum absolute atomic E-state index is 0.153. The molecule has 0 saturated carbocycles. The first kappa shape index (κ1) is 13.1. The number of hydrogen-bond donors (Lipinski definition) is 2. The number of nitrogens with two attached hydrogens (primary N) is 1. The van der Waals surface area contributed by atoms with Crippen LogP contribution in [0.5, 0.6) is 5.75 Å². The molecule has 3 nitrogen and oxygen atoms in total. The highest BCUT2D eigenvalue weighted by atomic mass is 19.1. The van der Waals surface area contributed by atoms with Crippen LogP contribution in [-0.2, 0) is 6.42 Å². The summed E-state index contributed by atoms with van der Waals surface area (Å²) in [7, 11) is 0. The molecule has 4 heteroatoms. The van der Waals surface area contributed by atoms with E-state index in [1.165, 1.54) is 11.6 Å². The lowest BCUT2D eigenvalue weighted by Gasteiger charge is -2.18. The van der Waals surface area contributed by atoms with Crippen molar-refractivity contribution < 1.29 is 9.13 Å². The molecule has 0 saturated heterocycles. The van der Waals surface area contributed by atoms with Gasteiger partial charge in [-0.3, -0.25) is 5.84 Å². The van der Waals surface area contributed by atoms with Crippen molar-refractivity contribution in [1.82, 2.24) is 5.43 Å². The maximum Gasteiger partial charge on any atom is 0.126 e. The zero-order valence-corrected chi connectivity index (χ0v) is 11.3. The Bertz CT molecular complexity index is 642. The van der Waals surface area contributed by atoms with Gasteiger partial charge in [0.25, 0.3) is 0 Å². The van der Waals surface area contributed by atoms with E-state index in [0.717, 1.165) is 29.9 Å². The highest BCUT2D eigenvalue weighted by molar-refractivity contribution is 5.43. The molecule has 20 heavy (non-hydrogen) atoms. The van der Waals surface area contributed by atoms with Crippen molar-refractivity contribution in [2.45, 2.75) is 19.4 Å². The molecule has 2 aromatic carbocycles. The molecular formula is C16H17FN2O. The molecule has 0 fully saturated rings. The van der Waals surface area contributed by atoms with Gasteiger partial charge in [0.2, 0.25) is 0 Å². The van der Waals surface area contributed by atoms with Crippen molar-refractivity contribution in [3.63, 3.8) is 0 Å². The van der Waals surface area contributed by atoms with Gasteiger partial charge >= 0.3 is 0 Å². The van der Waals surface area contributed by atoms with E-state index in [9.17, 15) is 4.39 Å². The van der Waals surface area contributed by atoms with E-state index in [1.54, 1.807) is 13.0 Å². The summed E-state index contributed by atoms with van der Waals surface area (Å²) in [5.74, 6) is 6.44. The average Bonchev–Trinajstić information content (AvgIpc) is 2.91. The lowest BCUT2D eigenvalue weighted by atomic mass is 9.96. The topological polar surface area (TPSA) is 47.3 Å². The maximum atomic E-state index is 13.4. The fraction of sp³-hybridized carbons (Fsp3) is 0.250.